The topological polar surface area (TPSA) is 34.2 Å². The van der Waals surface area contributed by atoms with Crippen LogP contribution in [0.25, 0.3) is 22.2 Å². The van der Waals surface area contributed by atoms with Gasteiger partial charge in [0.2, 0.25) is 0 Å². The molecule has 0 atom stereocenters. The van der Waals surface area contributed by atoms with Gasteiger partial charge in [-0.3, -0.25) is 0 Å². The number of hydrogen-bond donors (Lipinski definition) is 1. The van der Waals surface area contributed by atoms with E-state index in [0.717, 1.165) is 11.0 Å². The van der Waals surface area contributed by atoms with Crippen molar-refractivity contribution in [3.63, 3.8) is 0 Å². The van der Waals surface area contributed by atoms with Crippen LogP contribution in [0.1, 0.15) is 52.7 Å². The fraction of sp³-hybridized carbons (Fsp3) is 0.391. The molecule has 1 saturated heterocycles. The maximum absolute atomic E-state index is 6.24. The summed E-state index contributed by atoms with van der Waals surface area (Å²) in [4.78, 5) is 3.68. The van der Waals surface area contributed by atoms with E-state index in [1.165, 1.54) is 27.8 Å². The largest absolute Gasteiger partial charge is 0.494 e. The summed E-state index contributed by atoms with van der Waals surface area (Å²) in [6.45, 7) is 13.0. The average Bonchev–Trinajstić information content (AvgIpc) is 3.16. The van der Waals surface area contributed by atoms with E-state index in [1.54, 1.807) is 0 Å². The van der Waals surface area contributed by atoms with Gasteiger partial charge in [-0.1, -0.05) is 50.2 Å². The zero-order valence-electron chi connectivity index (χ0n) is 16.9. The lowest BCUT2D eigenvalue weighted by Gasteiger charge is -2.32. The minimum Gasteiger partial charge on any atom is -0.399 e. The summed E-state index contributed by atoms with van der Waals surface area (Å²) in [5, 5.41) is 1.28. The number of fused-ring (bicyclic) bond motifs is 5. The zero-order valence-corrected chi connectivity index (χ0v) is 16.9. The number of rotatable bonds is 1. The number of H-pyrrole nitrogens is 1. The van der Waals surface area contributed by atoms with Crippen LogP contribution >= 0.6 is 0 Å². The van der Waals surface area contributed by atoms with Crippen LogP contribution in [0.3, 0.4) is 0 Å². The summed E-state index contributed by atoms with van der Waals surface area (Å²) in [5.41, 5.74) is 6.89. The van der Waals surface area contributed by atoms with E-state index in [9.17, 15) is 0 Å². The maximum Gasteiger partial charge on any atom is 0.494 e. The molecule has 2 heterocycles. The lowest BCUT2D eigenvalue weighted by molar-refractivity contribution is 0.00578. The van der Waals surface area contributed by atoms with Crippen molar-refractivity contribution < 1.29 is 9.31 Å². The van der Waals surface area contributed by atoms with E-state index in [4.69, 9.17) is 9.31 Å². The molecule has 3 nitrogen and oxygen atoms in total. The molecule has 1 fully saturated rings. The van der Waals surface area contributed by atoms with Crippen molar-refractivity contribution >= 4 is 23.5 Å². The first-order valence-corrected chi connectivity index (χ1v) is 9.73. The first-order chi connectivity index (χ1) is 12.6. The number of aromatic nitrogens is 1. The van der Waals surface area contributed by atoms with E-state index in [0.29, 0.717) is 0 Å². The molecule has 5 rings (SSSR count). The highest BCUT2D eigenvalue weighted by Gasteiger charge is 2.51. The van der Waals surface area contributed by atoms with Gasteiger partial charge in [0, 0.05) is 21.9 Å². The molecule has 2 aromatic carbocycles. The molecule has 0 bridgehead atoms. The van der Waals surface area contributed by atoms with E-state index in [1.807, 2.05) is 0 Å². The van der Waals surface area contributed by atoms with Gasteiger partial charge in [0.1, 0.15) is 0 Å². The molecule has 1 N–H and O–H groups in total. The summed E-state index contributed by atoms with van der Waals surface area (Å²) in [7, 11) is -0.335. The Bertz CT molecular complexity index is 1060. The van der Waals surface area contributed by atoms with Crippen LogP contribution in [0.15, 0.2) is 42.5 Å². The third-order valence-corrected chi connectivity index (χ3v) is 6.84. The van der Waals surface area contributed by atoms with Crippen LogP contribution in [0.5, 0.6) is 0 Å². The van der Waals surface area contributed by atoms with Crippen LogP contribution in [0.4, 0.5) is 0 Å². The standard InChI is InChI=1S/C23H26BNO2/c1-21(2)17-10-8-7-9-15(17)20-19(21)16-12-11-14(13-18(16)25-20)24-26-22(3,4)23(5,6)27-24/h7-13,25H,1-6H3. The molecule has 1 aliphatic carbocycles. The van der Waals surface area contributed by atoms with Crippen molar-refractivity contribution in [3.05, 3.63) is 53.6 Å². The predicted molar refractivity (Wildman–Crippen MR) is 112 cm³/mol. The van der Waals surface area contributed by atoms with Crippen LogP contribution in [-0.4, -0.2) is 23.3 Å². The van der Waals surface area contributed by atoms with Crippen molar-refractivity contribution in [3.8, 4) is 11.3 Å². The van der Waals surface area contributed by atoms with E-state index in [-0.39, 0.29) is 23.7 Å². The quantitative estimate of drug-likeness (QED) is 0.635. The van der Waals surface area contributed by atoms with Gasteiger partial charge in [-0.05, 0) is 50.4 Å². The second-order valence-corrected chi connectivity index (χ2v) is 9.44. The van der Waals surface area contributed by atoms with Gasteiger partial charge in [-0.15, -0.1) is 0 Å². The maximum atomic E-state index is 6.24. The molecule has 0 spiro atoms. The second-order valence-electron chi connectivity index (χ2n) is 9.44. The molecule has 2 aliphatic rings. The van der Waals surface area contributed by atoms with Crippen LogP contribution in [-0.2, 0) is 14.7 Å². The molecule has 1 aromatic heterocycles. The van der Waals surface area contributed by atoms with Gasteiger partial charge in [0.05, 0.1) is 16.9 Å². The Kier molecular flexibility index (Phi) is 3.20. The number of nitrogens with one attached hydrogen (secondary N) is 1. The number of aromatic amines is 1. The molecule has 138 valence electrons. The third kappa shape index (κ3) is 2.17. The summed E-state index contributed by atoms with van der Waals surface area (Å²) < 4.78 is 12.5. The summed E-state index contributed by atoms with van der Waals surface area (Å²) in [6, 6.07) is 15.3. The Hall–Kier alpha value is -2.04. The van der Waals surface area contributed by atoms with Gasteiger partial charge >= 0.3 is 7.12 Å². The van der Waals surface area contributed by atoms with Crippen molar-refractivity contribution in [2.45, 2.75) is 58.2 Å². The monoisotopic (exact) mass is 359 g/mol. The lowest BCUT2D eigenvalue weighted by atomic mass is 9.77. The molecule has 0 unspecified atom stereocenters. The number of hydrogen-bond acceptors (Lipinski definition) is 2. The Morgan fingerprint density at radius 1 is 0.852 bits per heavy atom. The average molecular weight is 359 g/mol. The third-order valence-electron chi connectivity index (χ3n) is 6.84. The van der Waals surface area contributed by atoms with Gasteiger partial charge in [-0.2, -0.15) is 0 Å². The van der Waals surface area contributed by atoms with E-state index in [2.05, 4.69) is 89.0 Å². The van der Waals surface area contributed by atoms with Crippen molar-refractivity contribution in [2.75, 3.05) is 0 Å². The van der Waals surface area contributed by atoms with E-state index >= 15 is 0 Å². The number of benzene rings is 2. The molecular weight excluding hydrogens is 333 g/mol. The highest BCUT2D eigenvalue weighted by atomic mass is 16.7. The Morgan fingerprint density at radius 3 is 2.22 bits per heavy atom. The van der Waals surface area contributed by atoms with Crippen molar-refractivity contribution in [2.24, 2.45) is 0 Å². The van der Waals surface area contributed by atoms with Crippen LogP contribution < -0.4 is 5.46 Å². The Balaban J connectivity index is 1.63. The van der Waals surface area contributed by atoms with Crippen molar-refractivity contribution in [1.82, 2.24) is 4.98 Å². The van der Waals surface area contributed by atoms with E-state index < -0.39 is 0 Å². The molecule has 1 aliphatic heterocycles. The van der Waals surface area contributed by atoms with Crippen molar-refractivity contribution in [1.29, 1.82) is 0 Å². The fourth-order valence-corrected chi connectivity index (χ4v) is 4.57. The van der Waals surface area contributed by atoms with Gasteiger partial charge in [-0.25, -0.2) is 0 Å². The first kappa shape index (κ1) is 17.1. The highest BCUT2D eigenvalue weighted by Crippen LogP contribution is 2.51. The highest BCUT2D eigenvalue weighted by molar-refractivity contribution is 6.62. The molecule has 0 radical (unpaired) electrons. The van der Waals surface area contributed by atoms with Gasteiger partial charge < -0.3 is 14.3 Å². The second kappa shape index (κ2) is 5.06. The molecule has 0 saturated carbocycles. The first-order valence-electron chi connectivity index (χ1n) is 9.73. The summed E-state index contributed by atoms with van der Waals surface area (Å²) in [6.07, 6.45) is 0. The zero-order chi connectivity index (χ0) is 19.2. The molecule has 3 aromatic rings. The van der Waals surface area contributed by atoms with Gasteiger partial charge in [0.25, 0.3) is 0 Å². The Labute approximate surface area is 161 Å². The summed E-state index contributed by atoms with van der Waals surface area (Å²) in [5.74, 6) is 0. The predicted octanol–water partition coefficient (Wildman–Crippen LogP) is 4.77. The smallest absolute Gasteiger partial charge is 0.399 e. The summed E-state index contributed by atoms with van der Waals surface area (Å²) >= 11 is 0. The SMILES string of the molecule is CC1(C)c2ccccc2-c2[nH]c3cc(B4OC(C)(C)C(C)(C)O4)ccc3c21. The molecule has 27 heavy (non-hydrogen) atoms. The van der Waals surface area contributed by atoms with Gasteiger partial charge in [0.15, 0.2) is 0 Å². The van der Waals surface area contributed by atoms with Crippen LogP contribution in [0, 0.1) is 0 Å². The lowest BCUT2D eigenvalue weighted by Crippen LogP contribution is -2.41. The fourth-order valence-electron chi connectivity index (χ4n) is 4.57. The minimum atomic E-state index is -0.335. The molecule has 0 amide bonds. The van der Waals surface area contributed by atoms with Crippen LogP contribution in [0.2, 0.25) is 0 Å². The molecule has 4 heteroatoms. The Morgan fingerprint density at radius 2 is 1.52 bits per heavy atom. The molecular formula is C23H26BNO2. The normalized spacial score (nSPS) is 21.5. The minimum absolute atomic E-state index is 0.00393.